The van der Waals surface area contributed by atoms with Crippen molar-refractivity contribution in [2.24, 2.45) is 5.92 Å². The fraction of sp³-hybridized carbons (Fsp3) is 0.762. The van der Waals surface area contributed by atoms with E-state index in [1.165, 1.54) is 0 Å². The van der Waals surface area contributed by atoms with Crippen LogP contribution in [0.1, 0.15) is 59.6 Å². The van der Waals surface area contributed by atoms with Crippen molar-refractivity contribution in [1.29, 1.82) is 0 Å². The Hall–Kier alpha value is -1.69. The largest absolute Gasteiger partial charge is 0.339 e. The monoisotopic (exact) mass is 374 g/mol. The van der Waals surface area contributed by atoms with E-state index in [4.69, 9.17) is 0 Å². The molecule has 6 heteroatoms. The summed E-state index contributed by atoms with van der Waals surface area (Å²) in [5.74, 6) is 0.735. The minimum atomic E-state index is -0.0655. The van der Waals surface area contributed by atoms with E-state index in [-0.39, 0.29) is 23.1 Å². The van der Waals surface area contributed by atoms with Crippen LogP contribution in [0.5, 0.6) is 0 Å². The third-order valence-electron chi connectivity index (χ3n) is 5.99. The Labute approximate surface area is 162 Å². The number of carbonyl (C=O) groups excluding carboxylic acids is 1. The maximum atomic E-state index is 12.6. The van der Waals surface area contributed by atoms with E-state index in [9.17, 15) is 9.59 Å². The van der Waals surface area contributed by atoms with Crippen LogP contribution < -0.4 is 5.56 Å². The number of rotatable bonds is 4. The molecule has 1 aromatic rings. The standard InChI is InChI=1S/C21H34N4O2/c1-15(2)24-13-10-17(20(24)27)23-11-8-16(9-12-23)14-25-19(26)7-6-18(22-25)21(3,4)5/h6-7,15-17H,8-14H2,1-5H3. The Morgan fingerprint density at radius 3 is 2.30 bits per heavy atom. The number of carbonyl (C=O) groups is 1. The van der Waals surface area contributed by atoms with Crippen LogP contribution in [0, 0.1) is 5.92 Å². The van der Waals surface area contributed by atoms with E-state index in [0.717, 1.165) is 44.6 Å². The molecule has 2 aliphatic rings. The Kier molecular flexibility index (Phi) is 5.75. The van der Waals surface area contributed by atoms with Crippen LogP contribution in [0.3, 0.4) is 0 Å². The lowest BCUT2D eigenvalue weighted by Gasteiger charge is -2.35. The SMILES string of the molecule is CC(C)N1CCC(N2CCC(Cn3nc(C(C)(C)C)ccc3=O)CC2)C1=O. The summed E-state index contributed by atoms with van der Waals surface area (Å²) in [5.41, 5.74) is 0.859. The molecule has 1 unspecified atom stereocenters. The molecule has 150 valence electrons. The molecule has 0 saturated carbocycles. The minimum Gasteiger partial charge on any atom is -0.339 e. The fourth-order valence-corrected chi connectivity index (χ4v) is 4.21. The van der Waals surface area contributed by atoms with E-state index in [0.29, 0.717) is 18.4 Å². The molecule has 1 aromatic heterocycles. The quantitative estimate of drug-likeness (QED) is 0.811. The zero-order valence-corrected chi connectivity index (χ0v) is 17.4. The summed E-state index contributed by atoms with van der Waals surface area (Å²) in [7, 11) is 0. The first-order valence-electron chi connectivity index (χ1n) is 10.3. The van der Waals surface area contributed by atoms with Crippen LogP contribution in [0.25, 0.3) is 0 Å². The summed E-state index contributed by atoms with van der Waals surface area (Å²) in [6, 6.07) is 3.82. The van der Waals surface area contributed by atoms with E-state index in [2.05, 4.69) is 44.6 Å². The number of amides is 1. The molecule has 2 aliphatic heterocycles. The highest BCUT2D eigenvalue weighted by Crippen LogP contribution is 2.26. The van der Waals surface area contributed by atoms with Crippen LogP contribution in [-0.4, -0.2) is 57.2 Å². The van der Waals surface area contributed by atoms with Crippen molar-refractivity contribution >= 4 is 5.91 Å². The third-order valence-corrected chi connectivity index (χ3v) is 5.99. The predicted molar refractivity (Wildman–Crippen MR) is 107 cm³/mol. The molecule has 1 amide bonds. The first-order chi connectivity index (χ1) is 12.7. The van der Waals surface area contributed by atoms with Gasteiger partial charge in [0.2, 0.25) is 5.91 Å². The number of nitrogens with zero attached hydrogens (tertiary/aromatic N) is 4. The average Bonchev–Trinajstić information content (AvgIpc) is 2.98. The number of hydrogen-bond donors (Lipinski definition) is 0. The van der Waals surface area contributed by atoms with Crippen LogP contribution >= 0.6 is 0 Å². The molecule has 2 fully saturated rings. The number of piperidine rings is 1. The van der Waals surface area contributed by atoms with Gasteiger partial charge in [-0.1, -0.05) is 20.8 Å². The molecule has 3 rings (SSSR count). The van der Waals surface area contributed by atoms with Crippen molar-refractivity contribution in [1.82, 2.24) is 19.6 Å². The smallest absolute Gasteiger partial charge is 0.266 e. The topological polar surface area (TPSA) is 58.4 Å². The summed E-state index contributed by atoms with van der Waals surface area (Å²) in [6.07, 6.45) is 2.97. The highest BCUT2D eigenvalue weighted by atomic mass is 16.2. The summed E-state index contributed by atoms with van der Waals surface area (Å²) in [5, 5.41) is 4.61. The second-order valence-electron chi connectivity index (χ2n) is 9.40. The van der Waals surface area contributed by atoms with Gasteiger partial charge in [0, 0.05) is 30.6 Å². The summed E-state index contributed by atoms with van der Waals surface area (Å²) in [6.45, 7) is 13.9. The van der Waals surface area contributed by atoms with Gasteiger partial charge in [-0.25, -0.2) is 4.68 Å². The molecule has 0 radical (unpaired) electrons. The van der Waals surface area contributed by atoms with Gasteiger partial charge >= 0.3 is 0 Å². The Morgan fingerprint density at radius 2 is 1.74 bits per heavy atom. The highest BCUT2D eigenvalue weighted by Gasteiger charge is 2.38. The van der Waals surface area contributed by atoms with E-state index in [1.807, 2.05) is 11.0 Å². The fourth-order valence-electron chi connectivity index (χ4n) is 4.21. The molecule has 2 saturated heterocycles. The average molecular weight is 375 g/mol. The van der Waals surface area contributed by atoms with Gasteiger partial charge in [-0.2, -0.15) is 5.10 Å². The highest BCUT2D eigenvalue weighted by molar-refractivity contribution is 5.84. The Bertz CT molecular complexity index is 726. The zero-order chi connectivity index (χ0) is 19.8. The van der Waals surface area contributed by atoms with Crippen LogP contribution in [0.15, 0.2) is 16.9 Å². The predicted octanol–water partition coefficient (Wildman–Crippen LogP) is 2.26. The zero-order valence-electron chi connectivity index (χ0n) is 17.4. The van der Waals surface area contributed by atoms with Crippen LogP contribution in [0.4, 0.5) is 0 Å². The number of hydrogen-bond acceptors (Lipinski definition) is 4. The molecular formula is C21H34N4O2. The maximum Gasteiger partial charge on any atom is 0.266 e. The summed E-state index contributed by atoms with van der Waals surface area (Å²) >= 11 is 0. The number of likely N-dealkylation sites (tertiary alicyclic amines) is 2. The van der Waals surface area contributed by atoms with Crippen molar-refractivity contribution in [3.8, 4) is 0 Å². The van der Waals surface area contributed by atoms with Crippen LogP contribution in [0.2, 0.25) is 0 Å². The Morgan fingerprint density at radius 1 is 1.07 bits per heavy atom. The van der Waals surface area contributed by atoms with Crippen molar-refractivity contribution in [2.45, 2.75) is 77.9 Å². The van der Waals surface area contributed by atoms with Crippen molar-refractivity contribution in [2.75, 3.05) is 19.6 Å². The molecule has 0 bridgehead atoms. The third kappa shape index (κ3) is 4.42. The number of aromatic nitrogens is 2. The van der Waals surface area contributed by atoms with Gasteiger partial charge in [-0.3, -0.25) is 14.5 Å². The molecule has 1 atom stereocenters. The van der Waals surface area contributed by atoms with Crippen LogP contribution in [-0.2, 0) is 16.8 Å². The van der Waals surface area contributed by atoms with E-state index >= 15 is 0 Å². The lowest BCUT2D eigenvalue weighted by atomic mass is 9.92. The Balaban J connectivity index is 1.59. The minimum absolute atomic E-state index is 0.0241. The molecular weight excluding hydrogens is 340 g/mol. The first kappa shape index (κ1) is 20.1. The maximum absolute atomic E-state index is 12.6. The summed E-state index contributed by atoms with van der Waals surface area (Å²) in [4.78, 5) is 29.2. The first-order valence-corrected chi connectivity index (χ1v) is 10.3. The van der Waals surface area contributed by atoms with Crippen molar-refractivity contribution in [3.05, 3.63) is 28.2 Å². The molecule has 0 aliphatic carbocycles. The lowest BCUT2D eigenvalue weighted by molar-refractivity contribution is -0.134. The second-order valence-corrected chi connectivity index (χ2v) is 9.40. The molecule has 27 heavy (non-hydrogen) atoms. The van der Waals surface area contributed by atoms with Gasteiger partial charge in [0.15, 0.2) is 0 Å². The summed E-state index contributed by atoms with van der Waals surface area (Å²) < 4.78 is 1.64. The van der Waals surface area contributed by atoms with Gasteiger partial charge in [0.1, 0.15) is 0 Å². The van der Waals surface area contributed by atoms with Crippen molar-refractivity contribution in [3.63, 3.8) is 0 Å². The van der Waals surface area contributed by atoms with Crippen molar-refractivity contribution < 1.29 is 4.79 Å². The lowest BCUT2D eigenvalue weighted by Crippen LogP contribution is -2.47. The van der Waals surface area contributed by atoms with Gasteiger partial charge in [-0.15, -0.1) is 0 Å². The molecule has 0 N–H and O–H groups in total. The van der Waals surface area contributed by atoms with E-state index in [1.54, 1.807) is 10.7 Å². The van der Waals surface area contributed by atoms with Gasteiger partial charge < -0.3 is 4.90 Å². The van der Waals surface area contributed by atoms with Gasteiger partial charge in [-0.05, 0) is 58.2 Å². The second kappa shape index (κ2) is 7.74. The van der Waals surface area contributed by atoms with E-state index < -0.39 is 0 Å². The molecule has 0 aromatic carbocycles. The molecule has 3 heterocycles. The normalized spacial score (nSPS) is 22.8. The van der Waals surface area contributed by atoms with Gasteiger partial charge in [0.25, 0.3) is 5.56 Å². The molecule has 0 spiro atoms. The molecule has 6 nitrogen and oxygen atoms in total. The van der Waals surface area contributed by atoms with Gasteiger partial charge in [0.05, 0.1) is 11.7 Å².